The number of hydrogen-bond acceptors (Lipinski definition) is 4. The van der Waals surface area contributed by atoms with E-state index in [1.807, 2.05) is 4.90 Å². The van der Waals surface area contributed by atoms with Crippen LogP contribution in [0.1, 0.15) is 31.6 Å². The molecule has 1 atom stereocenters. The first-order valence-corrected chi connectivity index (χ1v) is 9.23. The van der Waals surface area contributed by atoms with Gasteiger partial charge in [-0.2, -0.15) is 0 Å². The molecule has 0 saturated carbocycles. The maximum atomic E-state index is 12.5. The van der Waals surface area contributed by atoms with E-state index >= 15 is 0 Å². The number of benzene rings is 1. The number of aromatic nitrogens is 1. The van der Waals surface area contributed by atoms with Gasteiger partial charge in [-0.15, -0.1) is 24.8 Å². The van der Waals surface area contributed by atoms with Gasteiger partial charge in [-0.1, -0.05) is 23.2 Å². The zero-order valence-corrected chi connectivity index (χ0v) is 17.8. The predicted molar refractivity (Wildman–Crippen MR) is 113 cm³/mol. The number of likely N-dealkylation sites (tertiary alicyclic amines) is 1. The highest BCUT2D eigenvalue weighted by molar-refractivity contribution is 6.36. The third-order valence-corrected chi connectivity index (χ3v) is 5.07. The van der Waals surface area contributed by atoms with Crippen molar-refractivity contribution in [3.05, 3.63) is 40.3 Å². The molecule has 1 fully saturated rings. The Kier molecular flexibility index (Phi) is 9.91. The van der Waals surface area contributed by atoms with E-state index in [0.29, 0.717) is 41.1 Å². The summed E-state index contributed by atoms with van der Waals surface area (Å²) in [5.74, 6) is 1.21. The van der Waals surface area contributed by atoms with E-state index in [4.69, 9.17) is 33.4 Å². The average molecular weight is 455 g/mol. The van der Waals surface area contributed by atoms with Gasteiger partial charge in [-0.25, -0.2) is 4.98 Å². The Bertz CT molecular complexity index is 754. The summed E-state index contributed by atoms with van der Waals surface area (Å²) in [4.78, 5) is 18.6. The Balaban J connectivity index is 0.00000182. The first kappa shape index (κ1) is 24.1. The summed E-state index contributed by atoms with van der Waals surface area (Å²) in [5, 5.41) is 1.07. The summed E-state index contributed by atoms with van der Waals surface area (Å²) < 4.78 is 5.75. The van der Waals surface area contributed by atoms with Gasteiger partial charge in [0.2, 0.25) is 5.91 Å². The fourth-order valence-corrected chi connectivity index (χ4v) is 3.67. The van der Waals surface area contributed by atoms with E-state index in [9.17, 15) is 4.79 Å². The van der Waals surface area contributed by atoms with Crippen molar-refractivity contribution in [2.75, 3.05) is 13.1 Å². The molecule has 5 nitrogen and oxygen atoms in total. The lowest BCUT2D eigenvalue weighted by Crippen LogP contribution is -2.47. The van der Waals surface area contributed by atoms with Gasteiger partial charge in [0.15, 0.2) is 11.7 Å². The van der Waals surface area contributed by atoms with Crippen molar-refractivity contribution in [2.24, 2.45) is 5.73 Å². The summed E-state index contributed by atoms with van der Waals surface area (Å²) in [5.41, 5.74) is 6.52. The van der Waals surface area contributed by atoms with Crippen LogP contribution in [-0.2, 0) is 11.2 Å². The van der Waals surface area contributed by atoms with Crippen LogP contribution in [0.25, 0.3) is 11.3 Å². The van der Waals surface area contributed by atoms with E-state index in [1.54, 1.807) is 24.4 Å². The van der Waals surface area contributed by atoms with Gasteiger partial charge >= 0.3 is 0 Å². The lowest BCUT2D eigenvalue weighted by molar-refractivity contribution is -0.134. The second kappa shape index (κ2) is 11.1. The van der Waals surface area contributed by atoms with Gasteiger partial charge in [-0.05, 0) is 37.5 Å². The molecule has 1 saturated heterocycles. The molecule has 0 spiro atoms. The molecule has 9 heteroatoms. The van der Waals surface area contributed by atoms with Gasteiger partial charge in [0, 0.05) is 42.6 Å². The van der Waals surface area contributed by atoms with Crippen LogP contribution in [-0.4, -0.2) is 34.9 Å². The molecule has 27 heavy (non-hydrogen) atoms. The first-order chi connectivity index (χ1) is 12.1. The highest BCUT2D eigenvalue weighted by Crippen LogP contribution is 2.31. The molecule has 1 aromatic heterocycles. The van der Waals surface area contributed by atoms with Crippen molar-refractivity contribution in [2.45, 2.75) is 38.1 Å². The summed E-state index contributed by atoms with van der Waals surface area (Å²) in [7, 11) is 0. The molecule has 1 aliphatic heterocycles. The minimum Gasteiger partial charge on any atom is -0.441 e. The summed E-state index contributed by atoms with van der Waals surface area (Å²) in [6, 6.07) is 5.36. The molecule has 0 radical (unpaired) electrons. The molecule has 1 aromatic carbocycles. The van der Waals surface area contributed by atoms with Crippen LogP contribution < -0.4 is 5.73 Å². The van der Waals surface area contributed by atoms with Crippen LogP contribution in [0.5, 0.6) is 0 Å². The number of nitrogens with zero attached hydrogens (tertiary/aromatic N) is 2. The summed E-state index contributed by atoms with van der Waals surface area (Å²) in [6.45, 7) is 1.31. The van der Waals surface area contributed by atoms with Crippen LogP contribution in [0.2, 0.25) is 10.0 Å². The molecular formula is C18H23Cl4N3O2. The Morgan fingerprint density at radius 2 is 2.07 bits per heavy atom. The number of rotatable bonds is 5. The lowest BCUT2D eigenvalue weighted by Gasteiger charge is -2.35. The highest BCUT2D eigenvalue weighted by atomic mass is 35.5. The number of oxazole rings is 1. The number of amides is 1. The number of carbonyl (C=O) groups excluding carboxylic acids is 1. The van der Waals surface area contributed by atoms with Crippen molar-refractivity contribution in [1.82, 2.24) is 9.88 Å². The predicted octanol–water partition coefficient (Wildman–Crippen LogP) is 4.76. The molecule has 150 valence electrons. The number of nitrogens with two attached hydrogens (primary N) is 1. The Morgan fingerprint density at radius 1 is 1.30 bits per heavy atom. The van der Waals surface area contributed by atoms with E-state index in [2.05, 4.69) is 4.98 Å². The zero-order chi connectivity index (χ0) is 17.8. The topological polar surface area (TPSA) is 72.4 Å². The third kappa shape index (κ3) is 6.00. The number of piperidine rings is 1. The second-order valence-electron chi connectivity index (χ2n) is 6.21. The van der Waals surface area contributed by atoms with E-state index in [-0.39, 0.29) is 36.8 Å². The van der Waals surface area contributed by atoms with Gasteiger partial charge in [-0.3, -0.25) is 4.79 Å². The molecule has 1 amide bonds. The van der Waals surface area contributed by atoms with Crippen molar-refractivity contribution in [3.8, 4) is 11.3 Å². The second-order valence-corrected chi connectivity index (χ2v) is 7.06. The number of halogens is 4. The molecule has 1 aliphatic rings. The lowest BCUT2D eigenvalue weighted by atomic mass is 10.0. The van der Waals surface area contributed by atoms with Crippen molar-refractivity contribution in [3.63, 3.8) is 0 Å². The SMILES string of the molecule is Cl.Cl.NCC1CCCCN1C(=O)CCc1ncc(-c2ccc(Cl)cc2Cl)o1. The fraction of sp³-hybridized carbons (Fsp3) is 0.444. The van der Waals surface area contributed by atoms with Crippen LogP contribution in [0, 0.1) is 0 Å². The number of aryl methyl sites for hydroxylation is 1. The standard InChI is InChI=1S/C18H21Cl2N3O2.2ClH/c19-12-4-5-14(15(20)9-12)16-11-22-17(25-16)6-7-18(24)23-8-2-1-3-13(23)10-21;;/h4-5,9,11,13H,1-3,6-8,10,21H2;2*1H. The largest absolute Gasteiger partial charge is 0.441 e. The van der Waals surface area contributed by atoms with Crippen molar-refractivity contribution < 1.29 is 9.21 Å². The number of carbonyl (C=O) groups is 1. The van der Waals surface area contributed by atoms with Gasteiger partial charge in [0.05, 0.1) is 11.2 Å². The number of hydrogen-bond donors (Lipinski definition) is 1. The van der Waals surface area contributed by atoms with E-state index in [0.717, 1.165) is 31.4 Å². The minimum atomic E-state index is 0. The monoisotopic (exact) mass is 453 g/mol. The molecule has 2 N–H and O–H groups in total. The first-order valence-electron chi connectivity index (χ1n) is 8.48. The molecule has 0 bridgehead atoms. The Labute approximate surface area is 181 Å². The summed E-state index contributed by atoms with van der Waals surface area (Å²) >= 11 is 12.1. The molecular weight excluding hydrogens is 432 g/mol. The smallest absolute Gasteiger partial charge is 0.223 e. The summed E-state index contributed by atoms with van der Waals surface area (Å²) in [6.07, 6.45) is 5.61. The normalized spacial score (nSPS) is 16.4. The molecule has 2 aromatic rings. The van der Waals surface area contributed by atoms with Crippen LogP contribution in [0.3, 0.4) is 0 Å². The van der Waals surface area contributed by atoms with Crippen molar-refractivity contribution in [1.29, 1.82) is 0 Å². The maximum Gasteiger partial charge on any atom is 0.223 e. The highest BCUT2D eigenvalue weighted by Gasteiger charge is 2.25. The van der Waals surface area contributed by atoms with Crippen LogP contribution in [0.15, 0.2) is 28.8 Å². The minimum absolute atomic E-state index is 0. The van der Waals surface area contributed by atoms with Crippen molar-refractivity contribution >= 4 is 53.9 Å². The molecule has 3 rings (SSSR count). The van der Waals surface area contributed by atoms with Gasteiger partial charge in [0.25, 0.3) is 0 Å². The van der Waals surface area contributed by atoms with E-state index < -0.39 is 0 Å². The Hall–Kier alpha value is -0.980. The quantitative estimate of drug-likeness (QED) is 0.706. The maximum absolute atomic E-state index is 12.5. The Morgan fingerprint density at radius 3 is 2.78 bits per heavy atom. The van der Waals surface area contributed by atoms with Crippen LogP contribution >= 0.6 is 48.0 Å². The van der Waals surface area contributed by atoms with Crippen LogP contribution in [0.4, 0.5) is 0 Å². The third-order valence-electron chi connectivity index (χ3n) is 4.52. The average Bonchev–Trinajstić information content (AvgIpc) is 3.08. The van der Waals surface area contributed by atoms with Gasteiger partial charge < -0.3 is 15.1 Å². The molecule has 0 aliphatic carbocycles. The zero-order valence-electron chi connectivity index (χ0n) is 14.7. The molecule has 1 unspecified atom stereocenters. The fourth-order valence-electron chi connectivity index (χ4n) is 3.17. The van der Waals surface area contributed by atoms with Gasteiger partial charge in [0.1, 0.15) is 0 Å². The van der Waals surface area contributed by atoms with E-state index in [1.165, 1.54) is 0 Å². The molecule has 2 heterocycles.